The Morgan fingerprint density at radius 2 is 2.47 bits per heavy atom. The van der Waals surface area contributed by atoms with Gasteiger partial charge in [0.25, 0.3) is 0 Å². The lowest BCUT2D eigenvalue weighted by atomic mass is 10.4. The number of rotatable bonds is 6. The number of aryl methyl sites for hydroxylation is 1. The number of hydrogen-bond acceptors (Lipinski definition) is 5. The molecule has 0 radical (unpaired) electrons. The molecule has 84 valence electrons. The zero-order valence-corrected chi connectivity index (χ0v) is 8.77. The average Bonchev–Trinajstić information content (AvgIpc) is 2.55. The van der Waals surface area contributed by atoms with E-state index in [9.17, 15) is 10.1 Å². The maximum atomic E-state index is 10.6. The fraction of sp³-hybridized carbons (Fsp3) is 0.625. The highest BCUT2D eigenvalue weighted by molar-refractivity contribution is 5.54. The van der Waals surface area contributed by atoms with Gasteiger partial charge in [0.2, 0.25) is 5.82 Å². The number of ether oxygens (including phenoxy) is 1. The molecule has 0 aliphatic carbocycles. The van der Waals surface area contributed by atoms with Gasteiger partial charge in [0.15, 0.2) is 0 Å². The molecule has 7 nitrogen and oxygen atoms in total. The van der Waals surface area contributed by atoms with Crippen LogP contribution in [0.15, 0.2) is 6.20 Å². The molecular weight excluding hydrogens is 200 g/mol. The van der Waals surface area contributed by atoms with Gasteiger partial charge in [0.05, 0.1) is 4.92 Å². The van der Waals surface area contributed by atoms with Crippen molar-refractivity contribution in [2.24, 2.45) is 7.05 Å². The van der Waals surface area contributed by atoms with Gasteiger partial charge in [-0.25, -0.2) is 0 Å². The molecule has 0 aliphatic rings. The molecule has 0 spiro atoms. The molecule has 0 bridgehead atoms. The predicted octanol–water partition coefficient (Wildman–Crippen LogP) is 0.777. The molecule has 0 atom stereocenters. The molecule has 15 heavy (non-hydrogen) atoms. The lowest BCUT2D eigenvalue weighted by molar-refractivity contribution is -0.384. The number of nitro groups is 1. The standard InChI is InChI=1S/C8H14N4O3/c1-11-6-7(12(13)14)8(10-11)9-4-3-5-15-2/h6H,3-5H2,1-2H3,(H,9,10). The maximum Gasteiger partial charge on any atom is 0.330 e. The van der Waals surface area contributed by atoms with E-state index in [1.54, 1.807) is 14.2 Å². The third-order valence-corrected chi connectivity index (χ3v) is 1.82. The van der Waals surface area contributed by atoms with E-state index in [4.69, 9.17) is 4.74 Å². The number of anilines is 1. The van der Waals surface area contributed by atoms with E-state index in [0.29, 0.717) is 19.0 Å². The number of nitrogens with one attached hydrogen (secondary N) is 1. The molecule has 0 aromatic carbocycles. The summed E-state index contributed by atoms with van der Waals surface area (Å²) in [4.78, 5) is 10.2. The Hall–Kier alpha value is -1.63. The molecule has 1 heterocycles. The van der Waals surface area contributed by atoms with Crippen molar-refractivity contribution in [3.63, 3.8) is 0 Å². The van der Waals surface area contributed by atoms with Gasteiger partial charge in [0.1, 0.15) is 6.20 Å². The second-order valence-electron chi connectivity index (χ2n) is 3.07. The van der Waals surface area contributed by atoms with Crippen molar-refractivity contribution in [2.45, 2.75) is 6.42 Å². The summed E-state index contributed by atoms with van der Waals surface area (Å²) in [7, 11) is 3.26. The van der Waals surface area contributed by atoms with Crippen LogP contribution >= 0.6 is 0 Å². The molecule has 7 heteroatoms. The summed E-state index contributed by atoms with van der Waals surface area (Å²) in [5, 5.41) is 17.5. The highest BCUT2D eigenvalue weighted by Gasteiger charge is 2.17. The van der Waals surface area contributed by atoms with Gasteiger partial charge in [-0.1, -0.05) is 0 Å². The summed E-state index contributed by atoms with van der Waals surface area (Å²) in [5.74, 6) is 0.304. The predicted molar refractivity (Wildman–Crippen MR) is 54.8 cm³/mol. The van der Waals surface area contributed by atoms with E-state index >= 15 is 0 Å². The second-order valence-corrected chi connectivity index (χ2v) is 3.07. The van der Waals surface area contributed by atoms with Crippen LogP contribution in [-0.4, -0.2) is 35.0 Å². The lowest BCUT2D eigenvalue weighted by Crippen LogP contribution is -2.06. The number of nitrogens with zero attached hydrogens (tertiary/aromatic N) is 3. The summed E-state index contributed by atoms with van der Waals surface area (Å²) >= 11 is 0. The summed E-state index contributed by atoms with van der Waals surface area (Å²) < 4.78 is 6.28. The van der Waals surface area contributed by atoms with E-state index in [-0.39, 0.29) is 5.69 Å². The summed E-state index contributed by atoms with van der Waals surface area (Å²) in [5.41, 5.74) is -0.00471. The number of hydrogen-bond donors (Lipinski definition) is 1. The van der Waals surface area contributed by atoms with Crippen LogP contribution in [0, 0.1) is 10.1 Å². The lowest BCUT2D eigenvalue weighted by Gasteiger charge is -2.01. The first-order valence-corrected chi connectivity index (χ1v) is 4.56. The van der Waals surface area contributed by atoms with Gasteiger partial charge in [-0.3, -0.25) is 14.8 Å². The first-order chi connectivity index (χ1) is 7.15. The largest absolute Gasteiger partial charge is 0.385 e. The van der Waals surface area contributed by atoms with Crippen molar-refractivity contribution in [3.8, 4) is 0 Å². The summed E-state index contributed by atoms with van der Waals surface area (Å²) in [6.45, 7) is 1.22. The van der Waals surface area contributed by atoms with Gasteiger partial charge >= 0.3 is 5.69 Å². The van der Waals surface area contributed by atoms with Crippen LogP contribution in [0.25, 0.3) is 0 Å². The third-order valence-electron chi connectivity index (χ3n) is 1.82. The number of methoxy groups -OCH3 is 1. The third kappa shape index (κ3) is 3.21. The monoisotopic (exact) mass is 214 g/mol. The Bertz CT molecular complexity index is 337. The van der Waals surface area contributed by atoms with Crippen molar-refractivity contribution in [1.82, 2.24) is 9.78 Å². The van der Waals surface area contributed by atoms with E-state index in [2.05, 4.69) is 10.4 Å². The van der Waals surface area contributed by atoms with Crippen LogP contribution in [-0.2, 0) is 11.8 Å². The molecular formula is C8H14N4O3. The zero-order chi connectivity index (χ0) is 11.3. The number of aromatic nitrogens is 2. The van der Waals surface area contributed by atoms with Crippen molar-refractivity contribution in [3.05, 3.63) is 16.3 Å². The Labute approximate surface area is 87.2 Å². The average molecular weight is 214 g/mol. The minimum Gasteiger partial charge on any atom is -0.385 e. The van der Waals surface area contributed by atoms with Crippen molar-refractivity contribution in [2.75, 3.05) is 25.6 Å². The molecule has 1 aromatic rings. The molecule has 1 rings (SSSR count). The highest BCUT2D eigenvalue weighted by Crippen LogP contribution is 2.20. The molecule has 0 amide bonds. The zero-order valence-electron chi connectivity index (χ0n) is 8.77. The van der Waals surface area contributed by atoms with Crippen LogP contribution in [0.2, 0.25) is 0 Å². The van der Waals surface area contributed by atoms with Crippen LogP contribution in [0.5, 0.6) is 0 Å². The molecule has 0 fully saturated rings. The van der Waals surface area contributed by atoms with Crippen LogP contribution < -0.4 is 5.32 Å². The van der Waals surface area contributed by atoms with Crippen molar-refractivity contribution >= 4 is 11.5 Å². The maximum absolute atomic E-state index is 10.6. The van der Waals surface area contributed by atoms with Crippen LogP contribution in [0.1, 0.15) is 6.42 Å². The first-order valence-electron chi connectivity index (χ1n) is 4.56. The Morgan fingerprint density at radius 1 is 1.73 bits per heavy atom. The summed E-state index contributed by atoms with van der Waals surface area (Å²) in [6, 6.07) is 0. The van der Waals surface area contributed by atoms with E-state index < -0.39 is 4.92 Å². The van der Waals surface area contributed by atoms with E-state index in [0.717, 1.165) is 6.42 Å². The van der Waals surface area contributed by atoms with Gasteiger partial charge in [-0.05, 0) is 6.42 Å². The quantitative estimate of drug-likeness (QED) is 0.430. The van der Waals surface area contributed by atoms with Gasteiger partial charge in [-0.2, -0.15) is 0 Å². The van der Waals surface area contributed by atoms with Crippen molar-refractivity contribution < 1.29 is 9.66 Å². The molecule has 1 N–H and O–H groups in total. The second kappa shape index (κ2) is 5.30. The van der Waals surface area contributed by atoms with Gasteiger partial charge in [-0.15, -0.1) is 5.10 Å². The van der Waals surface area contributed by atoms with Crippen molar-refractivity contribution in [1.29, 1.82) is 0 Å². The Balaban J connectivity index is 2.55. The fourth-order valence-corrected chi connectivity index (χ4v) is 1.16. The fourth-order valence-electron chi connectivity index (χ4n) is 1.16. The molecule has 0 aliphatic heterocycles. The van der Waals surface area contributed by atoms with E-state index in [1.807, 2.05) is 0 Å². The smallest absolute Gasteiger partial charge is 0.330 e. The van der Waals surface area contributed by atoms with E-state index in [1.165, 1.54) is 10.9 Å². The molecule has 0 saturated carbocycles. The Morgan fingerprint density at radius 3 is 3.07 bits per heavy atom. The SMILES string of the molecule is COCCCNc1nn(C)cc1[N+](=O)[O-]. The Kier molecular flexibility index (Phi) is 4.04. The van der Waals surface area contributed by atoms with Gasteiger partial charge < -0.3 is 10.1 Å². The normalized spacial score (nSPS) is 10.3. The molecule has 0 unspecified atom stereocenters. The van der Waals surface area contributed by atoms with Gasteiger partial charge in [0, 0.05) is 27.3 Å². The minimum atomic E-state index is -0.453. The van der Waals surface area contributed by atoms with Crippen LogP contribution in [0.4, 0.5) is 11.5 Å². The minimum absolute atomic E-state index is 0.00471. The summed E-state index contributed by atoms with van der Waals surface area (Å²) in [6.07, 6.45) is 2.16. The highest BCUT2D eigenvalue weighted by atomic mass is 16.6. The molecule has 0 saturated heterocycles. The van der Waals surface area contributed by atoms with Crippen LogP contribution in [0.3, 0.4) is 0 Å². The first kappa shape index (κ1) is 11.4. The topological polar surface area (TPSA) is 82.2 Å². The molecule has 1 aromatic heterocycles.